The van der Waals surface area contributed by atoms with Crippen LogP contribution in [0.5, 0.6) is 0 Å². The van der Waals surface area contributed by atoms with E-state index in [0.717, 1.165) is 11.1 Å². The number of benzene rings is 1. The molecule has 15 heavy (non-hydrogen) atoms. The Bertz CT molecular complexity index is 362. The molecule has 84 valence electrons. The van der Waals surface area contributed by atoms with Crippen LogP contribution in [0.2, 0.25) is 5.02 Å². The molecule has 0 aliphatic rings. The lowest BCUT2D eigenvalue weighted by molar-refractivity contribution is 0.567. The van der Waals surface area contributed by atoms with Gasteiger partial charge in [-0.25, -0.2) is 4.39 Å². The van der Waals surface area contributed by atoms with Crippen LogP contribution in [-0.4, -0.2) is 0 Å². The highest BCUT2D eigenvalue weighted by molar-refractivity contribution is 6.30. The molecule has 0 spiro atoms. The molecule has 0 saturated carbocycles. The minimum Gasteiger partial charge on any atom is -0.205 e. The van der Waals surface area contributed by atoms with Crippen LogP contribution in [0.25, 0.3) is 0 Å². The van der Waals surface area contributed by atoms with E-state index in [1.165, 1.54) is 0 Å². The van der Waals surface area contributed by atoms with Gasteiger partial charge in [0.1, 0.15) is 5.82 Å². The van der Waals surface area contributed by atoms with Crippen LogP contribution in [-0.2, 0) is 5.41 Å². The van der Waals surface area contributed by atoms with Crippen molar-refractivity contribution in [3.63, 3.8) is 0 Å². The van der Waals surface area contributed by atoms with E-state index in [4.69, 9.17) is 11.6 Å². The topological polar surface area (TPSA) is 0 Å². The maximum absolute atomic E-state index is 13.4. The standard InChI is InChI=1S/C13H18ClF/c1-8(2)9-6-12(15)11(14)7-10(9)13(3,4)5/h6-8H,1-5H3. The molecular weight excluding hydrogens is 211 g/mol. The van der Waals surface area contributed by atoms with E-state index in [-0.39, 0.29) is 16.3 Å². The molecule has 0 bridgehead atoms. The van der Waals surface area contributed by atoms with Gasteiger partial charge in [0.15, 0.2) is 0 Å². The first-order valence-electron chi connectivity index (χ1n) is 5.23. The smallest absolute Gasteiger partial charge is 0.142 e. The van der Waals surface area contributed by atoms with Crippen LogP contribution in [0.4, 0.5) is 4.39 Å². The Labute approximate surface area is 96.5 Å². The average Bonchev–Trinajstić information content (AvgIpc) is 2.06. The van der Waals surface area contributed by atoms with Gasteiger partial charge in [-0.2, -0.15) is 0 Å². The summed E-state index contributed by atoms with van der Waals surface area (Å²) < 4.78 is 13.4. The molecular formula is C13H18ClF. The number of halogens is 2. The van der Waals surface area contributed by atoms with E-state index in [2.05, 4.69) is 34.6 Å². The summed E-state index contributed by atoms with van der Waals surface area (Å²) in [4.78, 5) is 0. The summed E-state index contributed by atoms with van der Waals surface area (Å²) in [6.45, 7) is 10.5. The van der Waals surface area contributed by atoms with Crippen LogP contribution in [0, 0.1) is 5.82 Å². The van der Waals surface area contributed by atoms with E-state index in [0.29, 0.717) is 5.92 Å². The molecule has 0 unspecified atom stereocenters. The second-order valence-electron chi connectivity index (χ2n) is 5.26. The number of hydrogen-bond donors (Lipinski definition) is 0. The molecule has 1 aromatic rings. The van der Waals surface area contributed by atoms with E-state index >= 15 is 0 Å². The van der Waals surface area contributed by atoms with Gasteiger partial charge in [0.05, 0.1) is 5.02 Å². The summed E-state index contributed by atoms with van der Waals surface area (Å²) in [6, 6.07) is 3.32. The molecule has 0 radical (unpaired) electrons. The minimum atomic E-state index is -0.326. The Balaban J connectivity index is 3.42. The van der Waals surface area contributed by atoms with Crippen molar-refractivity contribution < 1.29 is 4.39 Å². The van der Waals surface area contributed by atoms with Gasteiger partial charge < -0.3 is 0 Å². The number of hydrogen-bond acceptors (Lipinski definition) is 0. The summed E-state index contributed by atoms with van der Waals surface area (Å²) in [5, 5.41) is 0.212. The normalized spacial score (nSPS) is 12.3. The van der Waals surface area contributed by atoms with E-state index in [1.54, 1.807) is 12.1 Å². The van der Waals surface area contributed by atoms with Crippen molar-refractivity contribution >= 4 is 11.6 Å². The van der Waals surface area contributed by atoms with Gasteiger partial charge >= 0.3 is 0 Å². The van der Waals surface area contributed by atoms with Gasteiger partial charge in [-0.3, -0.25) is 0 Å². The summed E-state index contributed by atoms with van der Waals surface area (Å²) in [5.74, 6) is -0.0145. The van der Waals surface area contributed by atoms with Crippen molar-refractivity contribution in [1.29, 1.82) is 0 Å². The molecule has 1 rings (SSSR count). The molecule has 0 fully saturated rings. The van der Waals surface area contributed by atoms with Gasteiger partial charge in [0, 0.05) is 0 Å². The third-order valence-electron chi connectivity index (χ3n) is 2.52. The van der Waals surface area contributed by atoms with E-state index in [1.807, 2.05) is 0 Å². The molecule has 0 aliphatic carbocycles. The van der Waals surface area contributed by atoms with E-state index < -0.39 is 0 Å². The Kier molecular flexibility index (Phi) is 3.44. The van der Waals surface area contributed by atoms with Gasteiger partial charge in [-0.15, -0.1) is 0 Å². The first-order chi connectivity index (χ1) is 6.73. The van der Waals surface area contributed by atoms with Crippen LogP contribution in [0.15, 0.2) is 12.1 Å². The lowest BCUT2D eigenvalue weighted by Crippen LogP contribution is -2.15. The molecule has 0 saturated heterocycles. The van der Waals surface area contributed by atoms with Crippen LogP contribution >= 0.6 is 11.6 Å². The van der Waals surface area contributed by atoms with Crippen LogP contribution < -0.4 is 0 Å². The van der Waals surface area contributed by atoms with Crippen molar-refractivity contribution in [2.24, 2.45) is 0 Å². The zero-order chi connectivity index (χ0) is 11.8. The van der Waals surface area contributed by atoms with Crippen LogP contribution in [0.3, 0.4) is 0 Å². The first kappa shape index (κ1) is 12.5. The lowest BCUT2D eigenvalue weighted by atomic mass is 9.81. The predicted molar refractivity (Wildman–Crippen MR) is 64.2 cm³/mol. The molecule has 0 nitrogen and oxygen atoms in total. The van der Waals surface area contributed by atoms with Crippen molar-refractivity contribution in [2.75, 3.05) is 0 Å². The molecule has 0 N–H and O–H groups in total. The van der Waals surface area contributed by atoms with Gasteiger partial charge in [-0.1, -0.05) is 46.2 Å². The highest BCUT2D eigenvalue weighted by Gasteiger charge is 2.21. The van der Waals surface area contributed by atoms with Gasteiger partial charge in [-0.05, 0) is 34.6 Å². The summed E-state index contributed by atoms with van der Waals surface area (Å²) in [7, 11) is 0. The molecule has 0 aliphatic heterocycles. The summed E-state index contributed by atoms with van der Waals surface area (Å²) in [5.41, 5.74) is 2.17. The zero-order valence-electron chi connectivity index (χ0n) is 9.99. The Hall–Kier alpha value is -0.560. The van der Waals surface area contributed by atoms with Crippen molar-refractivity contribution in [1.82, 2.24) is 0 Å². The van der Waals surface area contributed by atoms with Crippen molar-refractivity contribution in [2.45, 2.75) is 46.0 Å². The third-order valence-corrected chi connectivity index (χ3v) is 2.81. The van der Waals surface area contributed by atoms with Gasteiger partial charge in [0.25, 0.3) is 0 Å². The van der Waals surface area contributed by atoms with Gasteiger partial charge in [0.2, 0.25) is 0 Å². The van der Waals surface area contributed by atoms with Crippen LogP contribution in [0.1, 0.15) is 51.7 Å². The fourth-order valence-electron chi connectivity index (χ4n) is 1.69. The molecule has 0 amide bonds. The Morgan fingerprint density at radius 2 is 1.73 bits per heavy atom. The maximum Gasteiger partial charge on any atom is 0.142 e. The predicted octanol–water partition coefficient (Wildman–Crippen LogP) is 4.90. The highest BCUT2D eigenvalue weighted by atomic mass is 35.5. The molecule has 1 aromatic carbocycles. The Morgan fingerprint density at radius 3 is 2.13 bits per heavy atom. The number of rotatable bonds is 1. The maximum atomic E-state index is 13.4. The zero-order valence-corrected chi connectivity index (χ0v) is 10.7. The molecule has 2 heteroatoms. The molecule has 0 heterocycles. The average molecular weight is 229 g/mol. The fourth-order valence-corrected chi connectivity index (χ4v) is 1.85. The minimum absolute atomic E-state index is 0.00303. The molecule has 0 aromatic heterocycles. The lowest BCUT2D eigenvalue weighted by Gasteiger charge is -2.25. The fraction of sp³-hybridized carbons (Fsp3) is 0.538. The van der Waals surface area contributed by atoms with Crippen molar-refractivity contribution in [3.05, 3.63) is 34.1 Å². The third kappa shape index (κ3) is 2.72. The second-order valence-corrected chi connectivity index (χ2v) is 5.67. The second kappa shape index (κ2) is 4.13. The quantitative estimate of drug-likeness (QED) is 0.641. The monoisotopic (exact) mass is 228 g/mol. The summed E-state index contributed by atoms with van der Waals surface area (Å²) in [6.07, 6.45) is 0. The highest BCUT2D eigenvalue weighted by Crippen LogP contribution is 2.33. The molecule has 0 atom stereocenters. The SMILES string of the molecule is CC(C)c1cc(F)c(Cl)cc1C(C)(C)C. The first-order valence-corrected chi connectivity index (χ1v) is 5.60. The summed E-state index contributed by atoms with van der Waals surface area (Å²) >= 11 is 5.82. The van der Waals surface area contributed by atoms with Crippen molar-refractivity contribution in [3.8, 4) is 0 Å². The van der Waals surface area contributed by atoms with E-state index in [9.17, 15) is 4.39 Å². The Morgan fingerprint density at radius 1 is 1.20 bits per heavy atom. The largest absolute Gasteiger partial charge is 0.205 e.